The summed E-state index contributed by atoms with van der Waals surface area (Å²) in [6.07, 6.45) is 4.51. The van der Waals surface area contributed by atoms with Gasteiger partial charge in [0.25, 0.3) is 0 Å². The van der Waals surface area contributed by atoms with Crippen LogP contribution in [-0.2, 0) is 4.74 Å². The van der Waals surface area contributed by atoms with Crippen molar-refractivity contribution in [1.29, 1.82) is 0 Å². The minimum atomic E-state index is -0.709. The van der Waals surface area contributed by atoms with Gasteiger partial charge in [0.05, 0.1) is 16.8 Å². The van der Waals surface area contributed by atoms with E-state index in [1.165, 1.54) is 6.20 Å². The molecule has 5 nitrogen and oxygen atoms in total. The summed E-state index contributed by atoms with van der Waals surface area (Å²) in [6.45, 7) is 3.43. The zero-order valence-corrected chi connectivity index (χ0v) is 16.6. The second kappa shape index (κ2) is 9.46. The fraction of sp³-hybridized carbons (Fsp3) is 0.143. The first-order valence-corrected chi connectivity index (χ1v) is 5.68. The molecule has 0 saturated carbocycles. The van der Waals surface area contributed by atoms with Crippen LogP contribution in [0.15, 0.2) is 36.8 Å². The van der Waals surface area contributed by atoms with E-state index in [1.54, 1.807) is 44.4 Å². The molecule has 0 radical (unpaired) electrons. The van der Waals surface area contributed by atoms with Gasteiger partial charge >= 0.3 is 71.1 Å². The Bertz CT molecular complexity index is 602. The third-order valence-corrected chi connectivity index (χ3v) is 2.67. The van der Waals surface area contributed by atoms with E-state index < -0.39 is 11.9 Å². The molecule has 0 atom stereocenters. The van der Waals surface area contributed by atoms with Crippen LogP contribution in [0.1, 0.15) is 34.8 Å². The number of aromatic nitrogens is 2. The summed E-state index contributed by atoms with van der Waals surface area (Å²) in [7, 11) is 0. The number of esters is 2. The van der Waals surface area contributed by atoms with Crippen molar-refractivity contribution in [2.75, 3.05) is 0 Å². The Morgan fingerprint density at radius 1 is 1.05 bits per heavy atom. The van der Waals surface area contributed by atoms with Crippen molar-refractivity contribution in [1.82, 2.24) is 9.97 Å². The molecular formula is C14H14N2Na2O3. The molecule has 2 aromatic heterocycles. The number of carbonyl (C=O) groups excluding carboxylic acids is 2. The van der Waals surface area contributed by atoms with Crippen LogP contribution in [0.25, 0.3) is 0 Å². The van der Waals surface area contributed by atoms with Crippen LogP contribution < -0.4 is 59.1 Å². The van der Waals surface area contributed by atoms with E-state index in [0.29, 0.717) is 11.3 Å². The van der Waals surface area contributed by atoms with E-state index in [2.05, 4.69) is 9.97 Å². The van der Waals surface area contributed by atoms with Crippen molar-refractivity contribution >= 4 is 11.9 Å². The van der Waals surface area contributed by atoms with Gasteiger partial charge in [-0.3, -0.25) is 9.97 Å². The van der Waals surface area contributed by atoms with Crippen molar-refractivity contribution in [3.63, 3.8) is 0 Å². The summed E-state index contributed by atoms with van der Waals surface area (Å²) in [5.41, 5.74) is 1.77. The largest absolute Gasteiger partial charge is 1.00 e. The Labute approximate surface area is 170 Å². The summed E-state index contributed by atoms with van der Waals surface area (Å²) < 4.78 is 4.83. The molecule has 100 valence electrons. The number of ether oxygens (including phenoxy) is 1. The number of hydrogen-bond donors (Lipinski definition) is 0. The topological polar surface area (TPSA) is 69.2 Å². The van der Waals surface area contributed by atoms with E-state index in [-0.39, 0.29) is 73.1 Å². The van der Waals surface area contributed by atoms with E-state index in [0.717, 1.165) is 0 Å². The zero-order chi connectivity index (χ0) is 13.8. The fourth-order valence-electron chi connectivity index (χ4n) is 1.57. The van der Waals surface area contributed by atoms with Gasteiger partial charge in [-0.2, -0.15) is 0 Å². The van der Waals surface area contributed by atoms with E-state index in [4.69, 9.17) is 4.74 Å². The minimum Gasteiger partial charge on any atom is -1.00 e. The number of hydrogen-bond acceptors (Lipinski definition) is 5. The zero-order valence-electron chi connectivity index (χ0n) is 14.6. The van der Waals surface area contributed by atoms with Gasteiger partial charge in [-0.15, -0.1) is 0 Å². The molecule has 0 aliphatic carbocycles. The molecule has 0 N–H and O–H groups in total. The van der Waals surface area contributed by atoms with Gasteiger partial charge in [0, 0.05) is 18.6 Å². The summed E-state index contributed by atoms with van der Waals surface area (Å²) in [5.74, 6) is -1.42. The predicted molar refractivity (Wildman–Crippen MR) is 69.9 cm³/mol. The second-order valence-electron chi connectivity index (χ2n) is 4.00. The number of carbonyl (C=O) groups is 2. The van der Waals surface area contributed by atoms with Crippen molar-refractivity contribution in [3.05, 3.63) is 59.2 Å². The van der Waals surface area contributed by atoms with Gasteiger partial charge in [-0.1, -0.05) is 0 Å². The van der Waals surface area contributed by atoms with Crippen molar-refractivity contribution < 1.29 is 76.3 Å². The van der Waals surface area contributed by atoms with Crippen LogP contribution in [0.5, 0.6) is 0 Å². The third-order valence-electron chi connectivity index (χ3n) is 2.67. The fourth-order valence-corrected chi connectivity index (χ4v) is 1.57. The molecule has 0 unspecified atom stereocenters. The van der Waals surface area contributed by atoms with Crippen molar-refractivity contribution in [2.24, 2.45) is 0 Å². The normalized spacial score (nSPS) is 9.05. The summed E-state index contributed by atoms with van der Waals surface area (Å²) in [5, 5.41) is 0. The number of rotatable bonds is 2. The minimum absolute atomic E-state index is 0. The van der Waals surface area contributed by atoms with Crippen LogP contribution in [0, 0.1) is 13.8 Å². The van der Waals surface area contributed by atoms with Gasteiger partial charge in [-0.05, 0) is 37.6 Å². The second-order valence-corrected chi connectivity index (χ2v) is 4.00. The number of aryl methyl sites for hydroxylation is 2. The molecule has 2 rings (SSSR count). The van der Waals surface area contributed by atoms with Gasteiger partial charge in [0.1, 0.15) is 0 Å². The van der Waals surface area contributed by atoms with E-state index >= 15 is 0 Å². The molecule has 0 saturated heterocycles. The van der Waals surface area contributed by atoms with Crippen molar-refractivity contribution in [3.8, 4) is 0 Å². The van der Waals surface area contributed by atoms with Gasteiger partial charge in [0.2, 0.25) is 0 Å². The van der Waals surface area contributed by atoms with Gasteiger partial charge in [-0.25, -0.2) is 9.59 Å². The molecule has 2 aromatic rings. The maximum Gasteiger partial charge on any atom is 1.00 e. The Kier molecular flexibility index (Phi) is 9.20. The summed E-state index contributed by atoms with van der Waals surface area (Å²) in [4.78, 5) is 31.5. The average molecular weight is 304 g/mol. The van der Waals surface area contributed by atoms with Crippen molar-refractivity contribution in [2.45, 2.75) is 13.8 Å². The Morgan fingerprint density at radius 3 is 2.33 bits per heavy atom. The smallest absolute Gasteiger partial charge is 1.00 e. The Balaban J connectivity index is -0.000001000. The van der Waals surface area contributed by atoms with Crippen LogP contribution in [0.4, 0.5) is 0 Å². The molecule has 0 aliphatic heterocycles. The molecule has 0 bridgehead atoms. The molecule has 0 aliphatic rings. The maximum absolute atomic E-state index is 11.9. The molecule has 0 spiro atoms. The number of pyridine rings is 2. The van der Waals surface area contributed by atoms with Crippen LogP contribution in [-0.4, -0.2) is 21.9 Å². The van der Waals surface area contributed by atoms with E-state index in [9.17, 15) is 9.59 Å². The maximum atomic E-state index is 11.9. The Hall–Kier alpha value is -0.560. The first kappa shape index (κ1) is 20.4. The summed E-state index contributed by atoms with van der Waals surface area (Å²) in [6, 6.07) is 4.85. The molecule has 21 heavy (non-hydrogen) atoms. The molecule has 2 heterocycles. The average Bonchev–Trinajstić information content (AvgIpc) is 2.39. The van der Waals surface area contributed by atoms with Gasteiger partial charge in [0.15, 0.2) is 0 Å². The molecule has 7 heteroatoms. The monoisotopic (exact) mass is 304 g/mol. The standard InChI is InChI=1S/C14H12N2O3.2Na.2H/c1-9-5-7-15-8-12(9)14(18)19-13(17)11-4-3-6-16-10(11)2;;;;/h3-8H,1-2H3;;;;/q;2*+1;2*-1. The molecular weight excluding hydrogens is 290 g/mol. The van der Waals surface area contributed by atoms with Crippen LogP contribution in [0.3, 0.4) is 0 Å². The summed E-state index contributed by atoms with van der Waals surface area (Å²) >= 11 is 0. The number of nitrogens with zero attached hydrogens (tertiary/aromatic N) is 2. The molecule has 0 aromatic carbocycles. The SMILES string of the molecule is Cc1ccncc1C(=O)OC(=O)c1cccnc1C.[H-].[H-].[Na+].[Na+]. The first-order valence-electron chi connectivity index (χ1n) is 5.68. The Morgan fingerprint density at radius 2 is 1.71 bits per heavy atom. The quantitative estimate of drug-likeness (QED) is 0.325. The third kappa shape index (κ3) is 5.29. The van der Waals surface area contributed by atoms with Gasteiger partial charge < -0.3 is 7.59 Å². The van der Waals surface area contributed by atoms with Crippen LogP contribution in [0.2, 0.25) is 0 Å². The molecule has 0 fully saturated rings. The van der Waals surface area contributed by atoms with Crippen LogP contribution >= 0.6 is 0 Å². The predicted octanol–water partition coefficient (Wildman–Crippen LogP) is -3.68. The first-order chi connectivity index (χ1) is 9.09. The van der Waals surface area contributed by atoms with E-state index in [1.807, 2.05) is 0 Å². The molecule has 0 amide bonds.